The van der Waals surface area contributed by atoms with E-state index in [1.165, 1.54) is 5.56 Å². The first-order chi connectivity index (χ1) is 13.4. The van der Waals surface area contributed by atoms with Gasteiger partial charge in [-0.2, -0.15) is 5.26 Å². The Morgan fingerprint density at radius 1 is 1.07 bits per heavy atom. The highest BCUT2D eigenvalue weighted by Gasteiger charge is 2.22. The highest BCUT2D eigenvalue weighted by Crippen LogP contribution is 2.16. The Labute approximate surface area is 167 Å². The van der Waals surface area contributed by atoms with Crippen molar-refractivity contribution in [1.29, 1.82) is 5.26 Å². The molecule has 2 unspecified atom stereocenters. The molecule has 1 fully saturated rings. The predicted molar refractivity (Wildman–Crippen MR) is 109 cm³/mol. The zero-order valence-electron chi connectivity index (χ0n) is 16.8. The molecular weight excluding hydrogens is 350 g/mol. The number of hydrogen-bond donors (Lipinski definition) is 0. The van der Waals surface area contributed by atoms with E-state index in [4.69, 9.17) is 10.00 Å². The van der Waals surface area contributed by atoms with E-state index in [-0.39, 0.29) is 18.1 Å². The Bertz CT molecular complexity index is 830. The Balaban J connectivity index is 1.58. The van der Waals surface area contributed by atoms with Crippen molar-refractivity contribution in [3.8, 4) is 6.07 Å². The van der Waals surface area contributed by atoms with Crippen LogP contribution in [-0.2, 0) is 17.8 Å². The fraction of sp³-hybridized carbons (Fsp3) is 0.391. The fourth-order valence-corrected chi connectivity index (χ4v) is 3.68. The maximum absolute atomic E-state index is 12.7. The fourth-order valence-electron chi connectivity index (χ4n) is 3.68. The van der Waals surface area contributed by atoms with E-state index in [0.29, 0.717) is 17.7 Å². The zero-order valence-corrected chi connectivity index (χ0v) is 16.8. The van der Waals surface area contributed by atoms with Gasteiger partial charge in [-0.15, -0.1) is 0 Å². The van der Waals surface area contributed by atoms with Crippen LogP contribution in [0.15, 0.2) is 48.5 Å². The molecule has 146 valence electrons. The van der Waals surface area contributed by atoms with Gasteiger partial charge < -0.3 is 9.64 Å². The molecule has 0 aliphatic carbocycles. The summed E-state index contributed by atoms with van der Waals surface area (Å²) >= 11 is 0. The number of nitriles is 1. The summed E-state index contributed by atoms with van der Waals surface area (Å²) in [7, 11) is 1.80. The van der Waals surface area contributed by atoms with Crippen LogP contribution in [0.2, 0.25) is 0 Å². The van der Waals surface area contributed by atoms with Crippen LogP contribution in [-0.4, -0.2) is 48.1 Å². The number of morpholine rings is 1. The van der Waals surface area contributed by atoms with E-state index < -0.39 is 0 Å². The third-order valence-electron chi connectivity index (χ3n) is 4.95. The second-order valence-electron chi connectivity index (χ2n) is 7.62. The first-order valence-corrected chi connectivity index (χ1v) is 9.66. The third kappa shape index (κ3) is 5.19. The Morgan fingerprint density at radius 3 is 2.21 bits per heavy atom. The number of nitrogens with zero attached hydrogens (tertiary/aromatic N) is 3. The topological polar surface area (TPSA) is 56.6 Å². The maximum atomic E-state index is 12.7. The molecule has 0 saturated carbocycles. The minimum Gasteiger partial charge on any atom is -0.373 e. The van der Waals surface area contributed by atoms with Crippen LogP contribution in [0.3, 0.4) is 0 Å². The zero-order chi connectivity index (χ0) is 20.1. The molecule has 1 aliphatic rings. The van der Waals surface area contributed by atoms with Crippen LogP contribution < -0.4 is 0 Å². The van der Waals surface area contributed by atoms with Crippen LogP contribution in [0.5, 0.6) is 0 Å². The van der Waals surface area contributed by atoms with E-state index in [9.17, 15) is 4.79 Å². The first kappa shape index (κ1) is 20.1. The van der Waals surface area contributed by atoms with Crippen LogP contribution in [0.1, 0.15) is 40.9 Å². The number of amides is 1. The number of hydrogen-bond acceptors (Lipinski definition) is 4. The lowest BCUT2D eigenvalue weighted by molar-refractivity contribution is -0.0704. The lowest BCUT2D eigenvalue weighted by Crippen LogP contribution is -2.44. The Morgan fingerprint density at radius 2 is 1.64 bits per heavy atom. The molecule has 1 amide bonds. The molecule has 1 aliphatic heterocycles. The van der Waals surface area contributed by atoms with Crippen LogP contribution >= 0.6 is 0 Å². The van der Waals surface area contributed by atoms with Gasteiger partial charge in [0.2, 0.25) is 0 Å². The molecule has 0 N–H and O–H groups in total. The minimum atomic E-state index is -0.00970. The van der Waals surface area contributed by atoms with Crippen molar-refractivity contribution in [1.82, 2.24) is 9.80 Å². The van der Waals surface area contributed by atoms with Gasteiger partial charge in [-0.1, -0.05) is 24.3 Å². The normalized spacial score (nSPS) is 19.8. The maximum Gasteiger partial charge on any atom is 0.253 e. The number of carbonyl (C=O) groups excluding carboxylic acids is 1. The van der Waals surface area contributed by atoms with E-state index in [1.54, 1.807) is 24.1 Å². The van der Waals surface area contributed by atoms with Gasteiger partial charge in [0, 0.05) is 38.8 Å². The van der Waals surface area contributed by atoms with Crippen LogP contribution in [0.4, 0.5) is 0 Å². The van der Waals surface area contributed by atoms with Gasteiger partial charge in [0.05, 0.1) is 23.8 Å². The van der Waals surface area contributed by atoms with Crippen molar-refractivity contribution >= 4 is 5.91 Å². The molecule has 2 aromatic rings. The number of benzene rings is 2. The molecule has 5 heteroatoms. The van der Waals surface area contributed by atoms with E-state index in [0.717, 1.165) is 25.2 Å². The van der Waals surface area contributed by atoms with Crippen molar-refractivity contribution in [2.45, 2.75) is 39.1 Å². The van der Waals surface area contributed by atoms with Gasteiger partial charge in [-0.3, -0.25) is 9.69 Å². The highest BCUT2D eigenvalue weighted by atomic mass is 16.5. The predicted octanol–water partition coefficient (Wildman–Crippen LogP) is 3.44. The van der Waals surface area contributed by atoms with E-state index >= 15 is 0 Å². The second kappa shape index (κ2) is 9.01. The molecule has 0 aromatic heterocycles. The number of rotatable bonds is 5. The first-order valence-electron chi connectivity index (χ1n) is 9.66. The summed E-state index contributed by atoms with van der Waals surface area (Å²) < 4.78 is 5.79. The van der Waals surface area contributed by atoms with Gasteiger partial charge in [-0.05, 0) is 49.2 Å². The summed E-state index contributed by atoms with van der Waals surface area (Å²) in [6, 6.07) is 17.3. The van der Waals surface area contributed by atoms with Gasteiger partial charge >= 0.3 is 0 Å². The summed E-state index contributed by atoms with van der Waals surface area (Å²) in [6.07, 6.45) is 0.501. The van der Waals surface area contributed by atoms with Gasteiger partial charge in [0.15, 0.2) is 0 Å². The standard InChI is InChI=1S/C23H27N3O2/c1-17-13-26(14-18(2)28-17)16-21-8-10-22(11-9-21)23(27)25(3)15-20-6-4-19(12-24)5-7-20/h4-11,17-18H,13-16H2,1-3H3. The lowest BCUT2D eigenvalue weighted by Gasteiger charge is -2.35. The molecule has 1 saturated heterocycles. The molecular formula is C23H27N3O2. The molecule has 1 heterocycles. The molecule has 28 heavy (non-hydrogen) atoms. The molecule has 2 atom stereocenters. The molecule has 0 spiro atoms. The van der Waals surface area contributed by atoms with Crippen molar-refractivity contribution in [2.75, 3.05) is 20.1 Å². The quantitative estimate of drug-likeness (QED) is 0.801. The number of ether oxygens (including phenoxy) is 1. The van der Waals surface area contributed by atoms with Gasteiger partial charge in [-0.25, -0.2) is 0 Å². The summed E-state index contributed by atoms with van der Waals surface area (Å²) in [5.41, 5.74) is 3.51. The molecule has 3 rings (SSSR count). The lowest BCUT2D eigenvalue weighted by atomic mass is 10.1. The molecule has 2 aromatic carbocycles. The second-order valence-corrected chi connectivity index (χ2v) is 7.62. The summed E-state index contributed by atoms with van der Waals surface area (Å²) in [5.74, 6) is -0.00970. The molecule has 5 nitrogen and oxygen atoms in total. The average molecular weight is 377 g/mol. The van der Waals surface area contributed by atoms with Crippen molar-refractivity contribution in [3.05, 3.63) is 70.8 Å². The largest absolute Gasteiger partial charge is 0.373 e. The number of carbonyl (C=O) groups is 1. The molecule has 0 bridgehead atoms. The minimum absolute atomic E-state index is 0.00970. The van der Waals surface area contributed by atoms with Crippen molar-refractivity contribution in [2.24, 2.45) is 0 Å². The van der Waals surface area contributed by atoms with Gasteiger partial charge in [0.25, 0.3) is 5.91 Å². The van der Waals surface area contributed by atoms with Crippen molar-refractivity contribution in [3.63, 3.8) is 0 Å². The van der Waals surface area contributed by atoms with Crippen molar-refractivity contribution < 1.29 is 9.53 Å². The van der Waals surface area contributed by atoms with Crippen LogP contribution in [0.25, 0.3) is 0 Å². The monoisotopic (exact) mass is 377 g/mol. The third-order valence-corrected chi connectivity index (χ3v) is 4.95. The van der Waals surface area contributed by atoms with Gasteiger partial charge in [0.1, 0.15) is 0 Å². The molecule has 0 radical (unpaired) electrons. The highest BCUT2D eigenvalue weighted by molar-refractivity contribution is 5.94. The summed E-state index contributed by atoms with van der Waals surface area (Å²) in [6.45, 7) is 7.45. The summed E-state index contributed by atoms with van der Waals surface area (Å²) in [5, 5.41) is 8.88. The Hall–Kier alpha value is -2.68. The summed E-state index contributed by atoms with van der Waals surface area (Å²) in [4.78, 5) is 16.8. The van der Waals surface area contributed by atoms with Crippen LogP contribution in [0, 0.1) is 11.3 Å². The Kier molecular flexibility index (Phi) is 6.45. The SMILES string of the molecule is CC1CN(Cc2ccc(C(=O)N(C)Cc3ccc(C#N)cc3)cc2)CC(C)O1. The smallest absolute Gasteiger partial charge is 0.253 e. The van der Waals surface area contributed by atoms with E-state index in [2.05, 4.69) is 24.8 Å². The average Bonchev–Trinajstić information content (AvgIpc) is 2.68. The van der Waals surface area contributed by atoms with E-state index in [1.807, 2.05) is 36.4 Å².